The molecule has 1 rings (SSSR count). The molecule has 0 saturated carbocycles. The summed E-state index contributed by atoms with van der Waals surface area (Å²) in [5, 5.41) is 39.7. The predicted molar refractivity (Wildman–Crippen MR) is 211 cm³/mol. The largest absolute Gasteiger partial charge is 0.479 e. The van der Waals surface area contributed by atoms with Crippen LogP contribution in [0.15, 0.2) is 12.2 Å². The van der Waals surface area contributed by atoms with Crippen LogP contribution in [0.5, 0.6) is 0 Å². The fourth-order valence-corrected chi connectivity index (χ4v) is 6.64. The molecule has 0 amide bonds. The van der Waals surface area contributed by atoms with Crippen molar-refractivity contribution in [2.24, 2.45) is 0 Å². The molecule has 4 N–H and O–H groups in total. The molecule has 1 saturated heterocycles. The van der Waals surface area contributed by atoms with Crippen molar-refractivity contribution in [3.8, 4) is 0 Å². The van der Waals surface area contributed by atoms with Crippen LogP contribution >= 0.6 is 0 Å². The summed E-state index contributed by atoms with van der Waals surface area (Å²) in [5.74, 6) is -2.44. The molecule has 0 aliphatic carbocycles. The van der Waals surface area contributed by atoms with Crippen molar-refractivity contribution in [2.45, 2.75) is 230 Å². The lowest BCUT2D eigenvalue weighted by atomic mass is 9.99. The lowest BCUT2D eigenvalue weighted by molar-refractivity contribution is -0.298. The summed E-state index contributed by atoms with van der Waals surface area (Å²) in [6.45, 7) is 3.80. The van der Waals surface area contributed by atoms with Crippen molar-refractivity contribution in [3.63, 3.8) is 0 Å². The van der Waals surface area contributed by atoms with E-state index in [1.54, 1.807) is 0 Å². The minimum atomic E-state index is -1.86. The van der Waals surface area contributed by atoms with E-state index < -0.39 is 54.7 Å². The summed E-state index contributed by atoms with van der Waals surface area (Å²) < 4.78 is 21.7. The lowest BCUT2D eigenvalue weighted by Crippen LogP contribution is -2.60. The Balaban J connectivity index is 2.39. The van der Waals surface area contributed by atoms with Gasteiger partial charge in [-0.05, 0) is 38.5 Å². The maximum Gasteiger partial charge on any atom is 0.335 e. The number of ether oxygens (including phenoxy) is 4. The fourth-order valence-electron chi connectivity index (χ4n) is 6.64. The van der Waals surface area contributed by atoms with Gasteiger partial charge < -0.3 is 39.4 Å². The van der Waals surface area contributed by atoms with Gasteiger partial charge in [-0.15, -0.1) is 0 Å². The molecule has 316 valence electrons. The van der Waals surface area contributed by atoms with E-state index in [4.69, 9.17) is 18.9 Å². The molecule has 11 nitrogen and oxygen atoms in total. The Morgan fingerprint density at radius 1 is 0.556 bits per heavy atom. The first-order valence-corrected chi connectivity index (χ1v) is 21.7. The molecule has 6 atom stereocenters. The Kier molecular flexibility index (Phi) is 31.7. The third-order valence-electron chi connectivity index (χ3n) is 10.1. The van der Waals surface area contributed by atoms with E-state index in [0.29, 0.717) is 12.8 Å². The quantitative estimate of drug-likeness (QED) is 0.0273. The van der Waals surface area contributed by atoms with E-state index in [2.05, 4.69) is 26.0 Å². The molecular formula is C43H78O11. The summed E-state index contributed by atoms with van der Waals surface area (Å²) in [6.07, 6.45) is 25.5. The van der Waals surface area contributed by atoms with Crippen LogP contribution in [0.1, 0.15) is 194 Å². The van der Waals surface area contributed by atoms with Crippen molar-refractivity contribution in [2.75, 3.05) is 13.2 Å². The maximum atomic E-state index is 12.7. The standard InChI is InChI=1S/C43H78O11/c1-3-5-7-9-11-13-15-17-19-21-23-25-27-29-31-36(44)51-33-35(34-52-43-40(48)38(46)39(47)41(54-43)42(49)50)53-37(45)32-30-28-26-24-22-20-18-16-14-12-10-8-6-4-2/h15,17,35,38-41,43,46-48H,3-14,16,18-34H2,1-2H3,(H,49,50)/b17-15-. The number of carbonyl (C=O) groups excluding carboxylic acids is 2. The third-order valence-corrected chi connectivity index (χ3v) is 10.1. The second kappa shape index (κ2) is 34.2. The Labute approximate surface area is 326 Å². The smallest absolute Gasteiger partial charge is 0.335 e. The molecule has 0 aromatic rings. The van der Waals surface area contributed by atoms with Gasteiger partial charge in [0.25, 0.3) is 0 Å². The number of unbranched alkanes of at least 4 members (excludes halogenated alkanes) is 23. The second-order valence-electron chi connectivity index (χ2n) is 15.2. The third kappa shape index (κ3) is 25.9. The normalized spacial score (nSPS) is 20.6. The van der Waals surface area contributed by atoms with Gasteiger partial charge in [0.15, 0.2) is 18.5 Å². The number of aliphatic hydroxyl groups excluding tert-OH is 3. The van der Waals surface area contributed by atoms with Crippen LogP contribution < -0.4 is 0 Å². The van der Waals surface area contributed by atoms with Crippen LogP contribution in [-0.2, 0) is 33.3 Å². The molecule has 0 radical (unpaired) electrons. The summed E-state index contributed by atoms with van der Waals surface area (Å²) in [6, 6.07) is 0. The average Bonchev–Trinajstić information content (AvgIpc) is 3.15. The number of carbonyl (C=O) groups is 3. The number of aliphatic hydroxyl groups is 3. The highest BCUT2D eigenvalue weighted by Crippen LogP contribution is 2.23. The van der Waals surface area contributed by atoms with E-state index in [1.165, 1.54) is 96.3 Å². The van der Waals surface area contributed by atoms with Crippen LogP contribution in [0.4, 0.5) is 0 Å². The van der Waals surface area contributed by atoms with Crippen molar-refractivity contribution >= 4 is 17.9 Å². The SMILES string of the molecule is CCCCCCC/C=C\CCCCCCCC(=O)OCC(COC1OC(C(=O)O)C(O)C(O)C1O)OC(=O)CCCCCCCCCCCCCCCC. The van der Waals surface area contributed by atoms with Crippen molar-refractivity contribution in [1.29, 1.82) is 0 Å². The van der Waals surface area contributed by atoms with Crippen LogP contribution in [-0.4, -0.2) is 88.4 Å². The molecule has 54 heavy (non-hydrogen) atoms. The second-order valence-corrected chi connectivity index (χ2v) is 15.2. The number of aliphatic carboxylic acids is 1. The van der Waals surface area contributed by atoms with Gasteiger partial charge in [-0.3, -0.25) is 9.59 Å². The first-order valence-electron chi connectivity index (χ1n) is 21.7. The molecule has 1 aliphatic rings. The van der Waals surface area contributed by atoms with E-state index in [-0.39, 0.29) is 26.1 Å². The number of hydrogen-bond donors (Lipinski definition) is 4. The topological polar surface area (TPSA) is 169 Å². The van der Waals surface area contributed by atoms with Crippen LogP contribution in [0.3, 0.4) is 0 Å². The number of esters is 2. The average molecular weight is 771 g/mol. The molecular weight excluding hydrogens is 692 g/mol. The molecule has 0 aromatic heterocycles. The summed E-state index contributed by atoms with van der Waals surface area (Å²) in [7, 11) is 0. The first-order chi connectivity index (χ1) is 26.2. The molecule has 1 heterocycles. The Bertz CT molecular complexity index is 958. The van der Waals surface area contributed by atoms with Crippen LogP contribution in [0.25, 0.3) is 0 Å². The molecule has 1 fully saturated rings. The van der Waals surface area contributed by atoms with Gasteiger partial charge in [0, 0.05) is 12.8 Å². The Morgan fingerprint density at radius 2 is 0.981 bits per heavy atom. The maximum absolute atomic E-state index is 12.7. The number of rotatable bonds is 36. The highest BCUT2D eigenvalue weighted by atomic mass is 16.7. The van der Waals surface area contributed by atoms with E-state index in [0.717, 1.165) is 57.8 Å². The summed E-state index contributed by atoms with van der Waals surface area (Å²) >= 11 is 0. The van der Waals surface area contributed by atoms with Gasteiger partial charge >= 0.3 is 17.9 Å². The first kappa shape index (κ1) is 50.0. The minimum Gasteiger partial charge on any atom is -0.479 e. The van der Waals surface area contributed by atoms with Gasteiger partial charge in [-0.25, -0.2) is 4.79 Å². The molecule has 0 aromatic carbocycles. The Morgan fingerprint density at radius 3 is 1.44 bits per heavy atom. The summed E-state index contributed by atoms with van der Waals surface area (Å²) in [4.78, 5) is 36.7. The van der Waals surface area contributed by atoms with E-state index in [9.17, 15) is 34.8 Å². The molecule has 1 aliphatic heterocycles. The number of hydrogen-bond acceptors (Lipinski definition) is 10. The van der Waals surface area contributed by atoms with Crippen molar-refractivity contribution < 1.29 is 53.8 Å². The summed E-state index contributed by atoms with van der Waals surface area (Å²) in [5.41, 5.74) is 0. The van der Waals surface area contributed by atoms with Gasteiger partial charge in [0.1, 0.15) is 24.9 Å². The van der Waals surface area contributed by atoms with Gasteiger partial charge in [0.05, 0.1) is 6.61 Å². The number of allylic oxidation sites excluding steroid dienone is 2. The molecule has 0 bridgehead atoms. The minimum absolute atomic E-state index is 0.186. The lowest BCUT2D eigenvalue weighted by Gasteiger charge is -2.38. The van der Waals surface area contributed by atoms with Crippen molar-refractivity contribution in [3.05, 3.63) is 12.2 Å². The molecule has 0 spiro atoms. The van der Waals surface area contributed by atoms with Gasteiger partial charge in [-0.2, -0.15) is 0 Å². The zero-order chi connectivity index (χ0) is 39.7. The number of carboxylic acid groups (broad SMARTS) is 1. The zero-order valence-corrected chi connectivity index (χ0v) is 34.0. The number of carboxylic acids is 1. The van der Waals surface area contributed by atoms with Gasteiger partial charge in [0.2, 0.25) is 0 Å². The monoisotopic (exact) mass is 771 g/mol. The highest BCUT2D eigenvalue weighted by molar-refractivity contribution is 5.73. The molecule has 11 heteroatoms. The van der Waals surface area contributed by atoms with Crippen LogP contribution in [0, 0.1) is 0 Å². The molecule has 6 unspecified atom stereocenters. The van der Waals surface area contributed by atoms with E-state index in [1.807, 2.05) is 0 Å². The van der Waals surface area contributed by atoms with E-state index >= 15 is 0 Å². The van der Waals surface area contributed by atoms with Crippen LogP contribution in [0.2, 0.25) is 0 Å². The Hall–Kier alpha value is -2.05. The van der Waals surface area contributed by atoms with Crippen molar-refractivity contribution in [1.82, 2.24) is 0 Å². The van der Waals surface area contributed by atoms with Gasteiger partial charge in [-0.1, -0.05) is 154 Å². The zero-order valence-electron chi connectivity index (χ0n) is 34.0. The predicted octanol–water partition coefficient (Wildman–Crippen LogP) is 8.87. The fraction of sp³-hybridized carbons (Fsp3) is 0.884. The highest BCUT2D eigenvalue weighted by Gasteiger charge is 2.47.